The number of hydrogen-bond acceptors (Lipinski definition) is 20. The standard InChI is InChI=1S/C35H55NO20S.Na/c1-18-24(40)26(42)27(43)34(51-18)55-30-23(36-32(45)19-12-8-7-9-13-19)33(50-15-11-6-4-3-5-10-14-22(39)49-2)53-21(17-38)29(30)54-35-28(44)31(56-57(46,47)48)25(41)20(16-37)52-35;/h7-9,12-13,18,20-21,23-31,33-35,37-38,40-44H,3-6,10-11,14-17H2,1-2H3,(H,36,45)(H,46,47,48);/q;+1/p-1/t18-,20+,21+,23+,24+,25-,26+,27-,28+,29+,30+,31-,33+,34-,35-;/m0./s1. The number of methoxy groups -OCH3 is 1. The van der Waals surface area contributed by atoms with Gasteiger partial charge in [-0.25, -0.2) is 8.42 Å². The number of amides is 1. The molecule has 15 atom stereocenters. The van der Waals surface area contributed by atoms with Gasteiger partial charge in [0.25, 0.3) is 5.91 Å². The predicted molar refractivity (Wildman–Crippen MR) is 188 cm³/mol. The number of ether oxygens (including phenoxy) is 7. The molecule has 0 aromatic heterocycles. The summed E-state index contributed by atoms with van der Waals surface area (Å²) in [7, 11) is -4.21. The molecule has 4 rings (SSSR count). The molecule has 0 radical (unpaired) electrons. The number of aliphatic hydroxyl groups excluding tert-OH is 7. The number of benzene rings is 1. The summed E-state index contributed by atoms with van der Waals surface area (Å²) in [6.07, 6.45) is -19.8. The fraction of sp³-hybridized carbons (Fsp3) is 0.771. The van der Waals surface area contributed by atoms with Crippen molar-refractivity contribution in [2.24, 2.45) is 0 Å². The van der Waals surface area contributed by atoms with Crippen molar-refractivity contribution in [2.45, 2.75) is 144 Å². The molecule has 1 amide bonds. The van der Waals surface area contributed by atoms with Crippen molar-refractivity contribution in [1.29, 1.82) is 0 Å². The summed E-state index contributed by atoms with van der Waals surface area (Å²) in [5.41, 5.74) is 0.176. The smallest absolute Gasteiger partial charge is 0.726 e. The molecule has 326 valence electrons. The van der Waals surface area contributed by atoms with Crippen LogP contribution in [0.3, 0.4) is 0 Å². The first kappa shape index (κ1) is 50.9. The minimum absolute atomic E-state index is 0. The van der Waals surface area contributed by atoms with E-state index in [-0.39, 0.29) is 47.7 Å². The van der Waals surface area contributed by atoms with Crippen LogP contribution in [-0.4, -0.2) is 180 Å². The number of hydrogen-bond donors (Lipinski definition) is 8. The summed E-state index contributed by atoms with van der Waals surface area (Å²) in [5, 5.41) is 76.8. The van der Waals surface area contributed by atoms with Crippen molar-refractivity contribution < 1.29 is 125 Å². The zero-order chi connectivity index (χ0) is 41.9. The van der Waals surface area contributed by atoms with E-state index >= 15 is 0 Å². The average molecular weight is 864 g/mol. The molecule has 1 aromatic carbocycles. The number of esters is 1. The normalized spacial score (nSPS) is 35.4. The van der Waals surface area contributed by atoms with Crippen molar-refractivity contribution in [3.05, 3.63) is 35.9 Å². The van der Waals surface area contributed by atoms with Crippen LogP contribution in [0.25, 0.3) is 0 Å². The van der Waals surface area contributed by atoms with E-state index in [0.29, 0.717) is 25.7 Å². The molecule has 3 heterocycles. The van der Waals surface area contributed by atoms with Crippen LogP contribution >= 0.6 is 0 Å². The Bertz CT molecular complexity index is 1500. The van der Waals surface area contributed by atoms with Crippen molar-refractivity contribution in [2.75, 3.05) is 26.9 Å². The van der Waals surface area contributed by atoms with Crippen LogP contribution in [0.15, 0.2) is 30.3 Å². The van der Waals surface area contributed by atoms with E-state index in [1.165, 1.54) is 26.2 Å². The van der Waals surface area contributed by atoms with Gasteiger partial charge in [0.15, 0.2) is 18.9 Å². The number of rotatable bonds is 20. The fourth-order valence-corrected chi connectivity index (χ4v) is 7.23. The Balaban J connectivity index is 0.00000900. The van der Waals surface area contributed by atoms with Crippen LogP contribution in [0.5, 0.6) is 0 Å². The van der Waals surface area contributed by atoms with Crippen molar-refractivity contribution in [1.82, 2.24) is 5.32 Å². The summed E-state index contributed by atoms with van der Waals surface area (Å²) < 4.78 is 79.3. The number of aliphatic hydroxyl groups is 7. The molecule has 21 nitrogen and oxygen atoms in total. The monoisotopic (exact) mass is 863 g/mol. The van der Waals surface area contributed by atoms with Gasteiger partial charge in [-0.3, -0.25) is 13.8 Å². The van der Waals surface area contributed by atoms with Crippen LogP contribution in [0.2, 0.25) is 0 Å². The van der Waals surface area contributed by atoms with Crippen molar-refractivity contribution in [3.8, 4) is 0 Å². The van der Waals surface area contributed by atoms with E-state index in [1.807, 2.05) is 0 Å². The molecule has 3 aliphatic heterocycles. The first-order valence-corrected chi connectivity index (χ1v) is 20.0. The molecule has 3 saturated heterocycles. The molecule has 0 saturated carbocycles. The van der Waals surface area contributed by atoms with E-state index < -0.39 is 122 Å². The Hall–Kier alpha value is -1.49. The van der Waals surface area contributed by atoms with Crippen molar-refractivity contribution >= 4 is 22.3 Å². The summed E-state index contributed by atoms with van der Waals surface area (Å²) in [6.45, 7) is -0.378. The SMILES string of the molecule is COC(=O)CCCCCCCCO[C@@H]1O[C@H](CO)[C@@H](O[C@@H]2O[C@H](CO)[C@H](O)[C@H](OS(=O)(=O)[O-])[C@H]2O)[C@H](O[C@@H]2O[C@@H](C)[C@@H](O)[C@@H](O)[C@@H]2O)[C@H]1NC(=O)c1ccccc1.[Na+]. The van der Waals surface area contributed by atoms with Crippen molar-refractivity contribution in [3.63, 3.8) is 0 Å². The topological polar surface area (TPSA) is 319 Å². The first-order valence-electron chi connectivity index (χ1n) is 18.7. The third-order valence-corrected chi connectivity index (χ3v) is 10.3. The molecule has 3 fully saturated rings. The molecule has 8 N–H and O–H groups in total. The summed E-state index contributed by atoms with van der Waals surface area (Å²) >= 11 is 0. The fourth-order valence-electron chi connectivity index (χ4n) is 6.73. The van der Waals surface area contributed by atoms with Crippen LogP contribution in [0.4, 0.5) is 0 Å². The quantitative estimate of drug-likeness (QED) is 0.0199. The third-order valence-electron chi connectivity index (χ3n) is 9.89. The average Bonchev–Trinajstić information content (AvgIpc) is 3.19. The Morgan fingerprint density at radius 2 is 1.33 bits per heavy atom. The van der Waals surface area contributed by atoms with Gasteiger partial charge in [0, 0.05) is 18.6 Å². The summed E-state index contributed by atoms with van der Waals surface area (Å²) in [5.74, 6) is -0.961. The number of carbonyl (C=O) groups excluding carboxylic acids is 2. The van der Waals surface area contributed by atoms with Gasteiger partial charge in [-0.05, 0) is 31.9 Å². The van der Waals surface area contributed by atoms with E-state index in [9.17, 15) is 58.3 Å². The van der Waals surface area contributed by atoms with E-state index in [2.05, 4.69) is 14.2 Å². The van der Waals surface area contributed by atoms with Gasteiger partial charge in [0.05, 0.1) is 26.4 Å². The van der Waals surface area contributed by atoms with Crippen LogP contribution < -0.4 is 34.9 Å². The molecule has 0 unspecified atom stereocenters. The molecule has 0 aliphatic carbocycles. The molecule has 3 aliphatic rings. The van der Waals surface area contributed by atoms with E-state index in [1.54, 1.807) is 18.2 Å². The van der Waals surface area contributed by atoms with Crippen LogP contribution in [0.1, 0.15) is 62.2 Å². The van der Waals surface area contributed by atoms with Gasteiger partial charge < -0.3 is 78.8 Å². The second-order valence-electron chi connectivity index (χ2n) is 14.0. The Kier molecular flexibility index (Phi) is 21.2. The minimum Gasteiger partial charge on any atom is -0.726 e. The van der Waals surface area contributed by atoms with E-state index in [4.69, 9.17) is 28.4 Å². The zero-order valence-corrected chi connectivity index (χ0v) is 35.3. The zero-order valence-electron chi connectivity index (χ0n) is 32.5. The Morgan fingerprint density at radius 3 is 1.95 bits per heavy atom. The second kappa shape index (κ2) is 24.2. The van der Waals surface area contributed by atoms with Gasteiger partial charge >= 0.3 is 35.5 Å². The number of nitrogens with one attached hydrogen (secondary N) is 1. The van der Waals surface area contributed by atoms with Gasteiger partial charge in [0.2, 0.25) is 10.4 Å². The minimum atomic E-state index is -5.55. The van der Waals surface area contributed by atoms with Crippen LogP contribution in [-0.2, 0) is 52.5 Å². The third kappa shape index (κ3) is 14.0. The molecular weight excluding hydrogens is 809 g/mol. The summed E-state index contributed by atoms with van der Waals surface area (Å²) in [6, 6.07) is 6.47. The van der Waals surface area contributed by atoms with Gasteiger partial charge in [-0.2, -0.15) is 0 Å². The van der Waals surface area contributed by atoms with E-state index in [0.717, 1.165) is 19.3 Å². The Morgan fingerprint density at radius 1 is 0.741 bits per heavy atom. The second-order valence-corrected chi connectivity index (χ2v) is 15.0. The maximum absolute atomic E-state index is 13.7. The number of unbranched alkanes of at least 4 members (excludes halogenated alkanes) is 5. The predicted octanol–water partition coefficient (Wildman–Crippen LogP) is -5.69. The largest absolute Gasteiger partial charge is 1.00 e. The summed E-state index contributed by atoms with van der Waals surface area (Å²) in [4.78, 5) is 25.0. The first-order chi connectivity index (χ1) is 27.1. The molecule has 23 heteroatoms. The molecular formula is C35H54NNaO20S. The van der Waals surface area contributed by atoms with Crippen LogP contribution in [0, 0.1) is 0 Å². The van der Waals surface area contributed by atoms with Gasteiger partial charge in [-0.15, -0.1) is 0 Å². The number of carbonyl (C=O) groups is 2. The van der Waals surface area contributed by atoms with Gasteiger partial charge in [0.1, 0.15) is 67.1 Å². The maximum atomic E-state index is 13.7. The maximum Gasteiger partial charge on any atom is 1.00 e. The molecule has 0 bridgehead atoms. The Labute approximate surface area is 358 Å². The molecule has 58 heavy (non-hydrogen) atoms. The molecule has 0 spiro atoms. The van der Waals surface area contributed by atoms with Gasteiger partial charge in [-0.1, -0.05) is 43.9 Å². The molecule has 1 aromatic rings.